The lowest BCUT2D eigenvalue weighted by Crippen LogP contribution is -2.08. The summed E-state index contributed by atoms with van der Waals surface area (Å²) in [5.74, 6) is 2.27. The Morgan fingerprint density at radius 1 is 1.31 bits per heavy atom. The van der Waals surface area contributed by atoms with Crippen LogP contribution in [0.2, 0.25) is 0 Å². The maximum atomic E-state index is 9.31. The molecule has 1 aromatic carbocycles. The highest BCUT2D eigenvalue weighted by molar-refractivity contribution is 5.46. The first-order valence-electron chi connectivity index (χ1n) is 4.06. The molecule has 0 aromatic heterocycles. The van der Waals surface area contributed by atoms with Gasteiger partial charge in [-0.15, -0.1) is 6.42 Å². The highest BCUT2D eigenvalue weighted by atomic mass is 16.3. The summed E-state index contributed by atoms with van der Waals surface area (Å²) in [5, 5.41) is 9.31. The van der Waals surface area contributed by atoms with E-state index in [9.17, 15) is 5.11 Å². The smallest absolute Gasteiger partial charge is 0.139 e. The number of terminal acetylenes is 1. The minimum Gasteiger partial charge on any atom is -0.378 e. The van der Waals surface area contributed by atoms with E-state index in [1.165, 1.54) is 0 Å². The summed E-state index contributed by atoms with van der Waals surface area (Å²) >= 11 is 0. The quantitative estimate of drug-likeness (QED) is 0.687. The molecule has 1 N–H and O–H groups in total. The van der Waals surface area contributed by atoms with E-state index < -0.39 is 6.10 Å². The van der Waals surface area contributed by atoms with Crippen LogP contribution in [-0.4, -0.2) is 19.2 Å². The molecule has 68 valence electrons. The lowest BCUT2D eigenvalue weighted by molar-refractivity contribution is 0.238. The average molecular weight is 175 g/mol. The lowest BCUT2D eigenvalue weighted by atomic mass is 10.1. The van der Waals surface area contributed by atoms with Crippen LogP contribution in [0.25, 0.3) is 0 Å². The fraction of sp³-hybridized carbons (Fsp3) is 0.273. The largest absolute Gasteiger partial charge is 0.378 e. The number of hydrogen-bond acceptors (Lipinski definition) is 2. The topological polar surface area (TPSA) is 23.5 Å². The van der Waals surface area contributed by atoms with Crippen molar-refractivity contribution in [2.24, 2.45) is 0 Å². The number of rotatable bonds is 2. The second-order valence-corrected chi connectivity index (χ2v) is 3.06. The van der Waals surface area contributed by atoms with Crippen molar-refractivity contribution >= 4 is 5.69 Å². The summed E-state index contributed by atoms with van der Waals surface area (Å²) in [6.45, 7) is 0. The van der Waals surface area contributed by atoms with Gasteiger partial charge in [-0.2, -0.15) is 0 Å². The molecule has 0 aliphatic heterocycles. The van der Waals surface area contributed by atoms with Gasteiger partial charge in [-0.3, -0.25) is 0 Å². The minimum absolute atomic E-state index is 0.758. The molecule has 1 atom stereocenters. The van der Waals surface area contributed by atoms with Gasteiger partial charge in [0, 0.05) is 19.8 Å². The van der Waals surface area contributed by atoms with E-state index in [1.54, 1.807) is 0 Å². The third-order valence-electron chi connectivity index (χ3n) is 1.88. The van der Waals surface area contributed by atoms with Gasteiger partial charge in [-0.25, -0.2) is 0 Å². The number of aliphatic hydroxyl groups excluding tert-OH is 1. The number of hydrogen-bond donors (Lipinski definition) is 1. The second-order valence-electron chi connectivity index (χ2n) is 3.06. The van der Waals surface area contributed by atoms with E-state index in [-0.39, 0.29) is 0 Å². The zero-order chi connectivity index (χ0) is 9.84. The molecule has 2 heteroatoms. The molecule has 0 aliphatic carbocycles. The van der Waals surface area contributed by atoms with E-state index >= 15 is 0 Å². The molecule has 0 amide bonds. The molecule has 0 radical (unpaired) electrons. The number of nitrogens with zero attached hydrogens (tertiary/aromatic N) is 1. The Labute approximate surface area is 78.8 Å². The van der Waals surface area contributed by atoms with Gasteiger partial charge in [0.1, 0.15) is 6.10 Å². The highest BCUT2D eigenvalue weighted by Gasteiger charge is 2.02. The van der Waals surface area contributed by atoms with E-state index in [2.05, 4.69) is 5.92 Å². The highest BCUT2D eigenvalue weighted by Crippen LogP contribution is 2.16. The Morgan fingerprint density at radius 2 is 1.85 bits per heavy atom. The Morgan fingerprint density at radius 3 is 2.23 bits per heavy atom. The molecule has 0 saturated heterocycles. The monoisotopic (exact) mass is 175 g/mol. The third kappa shape index (κ3) is 2.24. The fourth-order valence-electron chi connectivity index (χ4n) is 1.05. The number of anilines is 1. The first kappa shape index (κ1) is 9.63. The first-order chi connectivity index (χ1) is 6.15. The summed E-state index contributed by atoms with van der Waals surface area (Å²) in [6.07, 6.45) is 4.30. The molecule has 0 unspecified atom stereocenters. The molecule has 2 nitrogen and oxygen atoms in total. The molecule has 13 heavy (non-hydrogen) atoms. The second kappa shape index (κ2) is 3.97. The molecule has 0 bridgehead atoms. The van der Waals surface area contributed by atoms with Gasteiger partial charge in [0.05, 0.1) is 0 Å². The van der Waals surface area contributed by atoms with E-state index in [0.717, 1.165) is 11.3 Å². The van der Waals surface area contributed by atoms with Crippen LogP contribution >= 0.6 is 0 Å². The number of aliphatic hydroxyl groups is 1. The molecule has 0 saturated carbocycles. The van der Waals surface area contributed by atoms with Crippen LogP contribution in [0.4, 0.5) is 5.69 Å². The molecule has 1 aromatic rings. The van der Waals surface area contributed by atoms with Gasteiger partial charge in [-0.05, 0) is 17.7 Å². The van der Waals surface area contributed by atoms with Crippen LogP contribution in [0.1, 0.15) is 11.7 Å². The Kier molecular flexibility index (Phi) is 2.94. The predicted octanol–water partition coefficient (Wildman–Crippen LogP) is 1.42. The van der Waals surface area contributed by atoms with Crippen LogP contribution in [0, 0.1) is 12.3 Å². The lowest BCUT2D eigenvalue weighted by Gasteiger charge is -2.13. The van der Waals surface area contributed by atoms with Crippen molar-refractivity contribution in [2.45, 2.75) is 6.10 Å². The van der Waals surface area contributed by atoms with Crippen molar-refractivity contribution in [3.05, 3.63) is 29.8 Å². The molecule has 0 aliphatic rings. The zero-order valence-electron chi connectivity index (χ0n) is 7.86. The molecule has 0 spiro atoms. The average Bonchev–Trinajstić information content (AvgIpc) is 2.17. The van der Waals surface area contributed by atoms with Crippen LogP contribution < -0.4 is 4.90 Å². The molecule has 1 rings (SSSR count). The summed E-state index contributed by atoms with van der Waals surface area (Å²) in [7, 11) is 3.93. The van der Waals surface area contributed by atoms with Gasteiger partial charge < -0.3 is 10.0 Å². The maximum Gasteiger partial charge on any atom is 0.139 e. The molecule has 0 heterocycles. The standard InChI is InChI=1S/C11H13NO/c1-4-11(13)9-5-7-10(8-6-9)12(2)3/h1,5-8,11,13H,2-3H3/t11-/m0/s1. The van der Waals surface area contributed by atoms with Crippen molar-refractivity contribution < 1.29 is 5.11 Å². The van der Waals surface area contributed by atoms with Crippen LogP contribution in [0.3, 0.4) is 0 Å². The normalized spacial score (nSPS) is 11.8. The van der Waals surface area contributed by atoms with Crippen LogP contribution in [0.15, 0.2) is 24.3 Å². The van der Waals surface area contributed by atoms with Crippen LogP contribution in [-0.2, 0) is 0 Å². The third-order valence-corrected chi connectivity index (χ3v) is 1.88. The van der Waals surface area contributed by atoms with Gasteiger partial charge in [-0.1, -0.05) is 18.1 Å². The Hall–Kier alpha value is -1.46. The predicted molar refractivity (Wildman–Crippen MR) is 54.6 cm³/mol. The van der Waals surface area contributed by atoms with Crippen molar-refractivity contribution in [1.82, 2.24) is 0 Å². The van der Waals surface area contributed by atoms with E-state index in [0.29, 0.717) is 0 Å². The van der Waals surface area contributed by atoms with Crippen LogP contribution in [0.5, 0.6) is 0 Å². The SMILES string of the molecule is C#C[C@H](O)c1ccc(N(C)C)cc1. The summed E-state index contributed by atoms with van der Waals surface area (Å²) in [5.41, 5.74) is 1.85. The van der Waals surface area contributed by atoms with Gasteiger partial charge in [0.2, 0.25) is 0 Å². The summed E-state index contributed by atoms with van der Waals surface area (Å²) in [6, 6.07) is 7.52. The van der Waals surface area contributed by atoms with Crippen molar-refractivity contribution in [2.75, 3.05) is 19.0 Å². The fourth-order valence-corrected chi connectivity index (χ4v) is 1.05. The van der Waals surface area contributed by atoms with E-state index in [4.69, 9.17) is 6.42 Å². The molecular weight excluding hydrogens is 162 g/mol. The Bertz CT molecular complexity index is 308. The minimum atomic E-state index is -0.795. The first-order valence-corrected chi connectivity index (χ1v) is 4.06. The van der Waals surface area contributed by atoms with Gasteiger partial charge in [0.25, 0.3) is 0 Å². The summed E-state index contributed by atoms with van der Waals surface area (Å²) in [4.78, 5) is 1.99. The Balaban J connectivity index is 2.89. The van der Waals surface area contributed by atoms with Crippen molar-refractivity contribution in [1.29, 1.82) is 0 Å². The van der Waals surface area contributed by atoms with Crippen molar-refractivity contribution in [3.63, 3.8) is 0 Å². The maximum absolute atomic E-state index is 9.31. The molecule has 0 fully saturated rings. The van der Waals surface area contributed by atoms with E-state index in [1.807, 2.05) is 43.3 Å². The number of benzene rings is 1. The van der Waals surface area contributed by atoms with Gasteiger partial charge >= 0.3 is 0 Å². The van der Waals surface area contributed by atoms with Crippen molar-refractivity contribution in [3.8, 4) is 12.3 Å². The summed E-state index contributed by atoms with van der Waals surface area (Å²) < 4.78 is 0. The van der Waals surface area contributed by atoms with Gasteiger partial charge in [0.15, 0.2) is 0 Å². The zero-order valence-corrected chi connectivity index (χ0v) is 7.86. The molecular formula is C11H13NO.